The lowest BCUT2D eigenvalue weighted by Crippen LogP contribution is -2.21. The van der Waals surface area contributed by atoms with Gasteiger partial charge in [0.2, 0.25) is 0 Å². The number of halogens is 1. The van der Waals surface area contributed by atoms with E-state index >= 15 is 0 Å². The number of carboxylic acids is 1. The molecule has 1 N–H and O–H groups in total. The zero-order valence-electron chi connectivity index (χ0n) is 11.3. The molecule has 108 valence electrons. The van der Waals surface area contributed by atoms with Gasteiger partial charge in [0, 0.05) is 18.7 Å². The molecule has 0 aliphatic carbocycles. The van der Waals surface area contributed by atoms with Crippen molar-refractivity contribution in [2.45, 2.75) is 12.8 Å². The fourth-order valence-electron chi connectivity index (χ4n) is 2.50. The third-order valence-electron chi connectivity index (χ3n) is 3.53. The standard InChI is InChI=1S/C15H14FN3O2/c16-12-9-17-13(18-14(12)19-7-3-4-8-19)10-5-1-2-6-11(10)15(20)21/h1-2,5-6,9H,3-4,7-8H2,(H,20,21). The molecule has 0 saturated carbocycles. The van der Waals surface area contributed by atoms with E-state index < -0.39 is 11.8 Å². The van der Waals surface area contributed by atoms with Gasteiger partial charge in [-0.2, -0.15) is 0 Å². The van der Waals surface area contributed by atoms with Gasteiger partial charge in [0.1, 0.15) is 0 Å². The Morgan fingerprint density at radius 3 is 2.67 bits per heavy atom. The summed E-state index contributed by atoms with van der Waals surface area (Å²) in [5.74, 6) is -1.05. The first-order chi connectivity index (χ1) is 10.2. The van der Waals surface area contributed by atoms with Crippen LogP contribution in [-0.4, -0.2) is 34.1 Å². The number of benzene rings is 1. The second kappa shape index (κ2) is 5.47. The minimum atomic E-state index is -1.05. The van der Waals surface area contributed by atoms with Crippen LogP contribution in [0.5, 0.6) is 0 Å². The highest BCUT2D eigenvalue weighted by Crippen LogP contribution is 2.26. The Bertz CT molecular complexity index is 684. The van der Waals surface area contributed by atoms with Crippen LogP contribution in [0.3, 0.4) is 0 Å². The van der Waals surface area contributed by atoms with Crippen LogP contribution in [0.4, 0.5) is 10.2 Å². The first kappa shape index (κ1) is 13.5. The van der Waals surface area contributed by atoms with Crippen LogP contribution in [0.1, 0.15) is 23.2 Å². The fraction of sp³-hybridized carbons (Fsp3) is 0.267. The maximum absolute atomic E-state index is 13.9. The normalized spacial score (nSPS) is 14.4. The molecule has 3 rings (SSSR count). The minimum absolute atomic E-state index is 0.108. The molecule has 21 heavy (non-hydrogen) atoms. The van der Waals surface area contributed by atoms with Crippen molar-refractivity contribution in [2.24, 2.45) is 0 Å². The molecule has 0 atom stereocenters. The van der Waals surface area contributed by atoms with Gasteiger partial charge in [0.25, 0.3) is 0 Å². The van der Waals surface area contributed by atoms with E-state index in [1.807, 2.05) is 4.90 Å². The van der Waals surface area contributed by atoms with Crippen LogP contribution >= 0.6 is 0 Å². The zero-order chi connectivity index (χ0) is 14.8. The minimum Gasteiger partial charge on any atom is -0.478 e. The SMILES string of the molecule is O=C(O)c1ccccc1-c1ncc(F)c(N2CCCC2)n1. The van der Waals surface area contributed by atoms with E-state index in [0.29, 0.717) is 5.56 Å². The van der Waals surface area contributed by atoms with Gasteiger partial charge >= 0.3 is 5.97 Å². The molecule has 1 aromatic carbocycles. The fourth-order valence-corrected chi connectivity index (χ4v) is 2.50. The maximum atomic E-state index is 13.9. The van der Waals surface area contributed by atoms with E-state index in [9.17, 15) is 14.3 Å². The molecule has 0 spiro atoms. The number of anilines is 1. The summed E-state index contributed by atoms with van der Waals surface area (Å²) in [6.07, 6.45) is 3.11. The lowest BCUT2D eigenvalue weighted by atomic mass is 10.1. The maximum Gasteiger partial charge on any atom is 0.336 e. The molecule has 1 fully saturated rings. The van der Waals surface area contributed by atoms with E-state index in [1.165, 1.54) is 6.07 Å². The van der Waals surface area contributed by atoms with Gasteiger partial charge in [0.15, 0.2) is 17.5 Å². The average Bonchev–Trinajstić information content (AvgIpc) is 3.02. The molecule has 2 heterocycles. The zero-order valence-corrected chi connectivity index (χ0v) is 11.3. The molecular formula is C15H14FN3O2. The molecule has 6 heteroatoms. The Morgan fingerprint density at radius 2 is 1.95 bits per heavy atom. The summed E-state index contributed by atoms with van der Waals surface area (Å²) in [6, 6.07) is 6.46. The van der Waals surface area contributed by atoms with Gasteiger partial charge < -0.3 is 10.0 Å². The summed E-state index contributed by atoms with van der Waals surface area (Å²) >= 11 is 0. The van der Waals surface area contributed by atoms with Gasteiger partial charge in [-0.3, -0.25) is 0 Å². The van der Waals surface area contributed by atoms with Gasteiger partial charge in [0.05, 0.1) is 11.8 Å². The van der Waals surface area contributed by atoms with Crippen molar-refractivity contribution in [3.05, 3.63) is 41.8 Å². The average molecular weight is 287 g/mol. The molecule has 5 nitrogen and oxygen atoms in total. The van der Waals surface area contributed by atoms with Crippen molar-refractivity contribution < 1.29 is 14.3 Å². The molecular weight excluding hydrogens is 273 g/mol. The molecule has 1 aliphatic rings. The van der Waals surface area contributed by atoms with Crippen LogP contribution in [0.15, 0.2) is 30.5 Å². The quantitative estimate of drug-likeness (QED) is 0.939. The van der Waals surface area contributed by atoms with Crippen LogP contribution in [0.25, 0.3) is 11.4 Å². The summed E-state index contributed by atoms with van der Waals surface area (Å²) in [5, 5.41) is 9.22. The summed E-state index contributed by atoms with van der Waals surface area (Å²) < 4.78 is 13.9. The summed E-state index contributed by atoms with van der Waals surface area (Å²) in [5.41, 5.74) is 0.502. The highest BCUT2D eigenvalue weighted by Gasteiger charge is 2.20. The molecule has 0 unspecified atom stereocenters. The van der Waals surface area contributed by atoms with E-state index in [0.717, 1.165) is 32.1 Å². The molecule has 2 aromatic rings. The van der Waals surface area contributed by atoms with E-state index in [1.54, 1.807) is 18.2 Å². The monoisotopic (exact) mass is 287 g/mol. The van der Waals surface area contributed by atoms with Crippen LogP contribution in [-0.2, 0) is 0 Å². The van der Waals surface area contributed by atoms with Gasteiger partial charge in [-0.25, -0.2) is 19.2 Å². The number of nitrogens with zero attached hydrogens (tertiary/aromatic N) is 3. The third kappa shape index (κ3) is 2.56. The lowest BCUT2D eigenvalue weighted by molar-refractivity contribution is 0.0697. The number of rotatable bonds is 3. The van der Waals surface area contributed by atoms with Crippen LogP contribution in [0.2, 0.25) is 0 Å². The first-order valence-electron chi connectivity index (χ1n) is 6.77. The molecule has 0 radical (unpaired) electrons. The molecule has 1 saturated heterocycles. The second-order valence-electron chi connectivity index (χ2n) is 4.91. The highest BCUT2D eigenvalue weighted by molar-refractivity contribution is 5.95. The van der Waals surface area contributed by atoms with Crippen molar-refractivity contribution in [1.29, 1.82) is 0 Å². The predicted octanol–water partition coefficient (Wildman–Crippen LogP) is 2.58. The van der Waals surface area contributed by atoms with Crippen molar-refractivity contribution in [3.8, 4) is 11.4 Å². The summed E-state index contributed by atoms with van der Waals surface area (Å²) in [6.45, 7) is 1.52. The van der Waals surface area contributed by atoms with Crippen molar-refractivity contribution in [2.75, 3.05) is 18.0 Å². The smallest absolute Gasteiger partial charge is 0.336 e. The number of aromatic carboxylic acids is 1. The first-order valence-corrected chi connectivity index (χ1v) is 6.77. The Balaban J connectivity index is 2.07. The topological polar surface area (TPSA) is 66.3 Å². The van der Waals surface area contributed by atoms with Gasteiger partial charge in [-0.1, -0.05) is 18.2 Å². The van der Waals surface area contributed by atoms with Crippen molar-refractivity contribution >= 4 is 11.8 Å². The van der Waals surface area contributed by atoms with Crippen molar-refractivity contribution in [1.82, 2.24) is 9.97 Å². The third-order valence-corrected chi connectivity index (χ3v) is 3.53. The number of hydrogen-bond acceptors (Lipinski definition) is 4. The molecule has 0 bridgehead atoms. The number of carboxylic acid groups (broad SMARTS) is 1. The summed E-state index contributed by atoms with van der Waals surface area (Å²) in [4.78, 5) is 21.3. The number of aromatic nitrogens is 2. The number of hydrogen-bond donors (Lipinski definition) is 1. The summed E-state index contributed by atoms with van der Waals surface area (Å²) in [7, 11) is 0. The molecule has 0 amide bonds. The highest BCUT2D eigenvalue weighted by atomic mass is 19.1. The second-order valence-corrected chi connectivity index (χ2v) is 4.91. The Morgan fingerprint density at radius 1 is 1.24 bits per heavy atom. The van der Waals surface area contributed by atoms with Crippen LogP contribution < -0.4 is 4.90 Å². The van der Waals surface area contributed by atoms with E-state index in [4.69, 9.17) is 0 Å². The molecule has 1 aliphatic heterocycles. The Labute approximate surface area is 121 Å². The van der Waals surface area contributed by atoms with Gasteiger partial charge in [-0.15, -0.1) is 0 Å². The predicted molar refractivity (Wildman–Crippen MR) is 75.8 cm³/mol. The van der Waals surface area contributed by atoms with Crippen LogP contribution in [0, 0.1) is 5.82 Å². The van der Waals surface area contributed by atoms with E-state index in [-0.39, 0.29) is 17.2 Å². The van der Waals surface area contributed by atoms with E-state index in [2.05, 4.69) is 9.97 Å². The van der Waals surface area contributed by atoms with Gasteiger partial charge in [-0.05, 0) is 18.9 Å². The number of carbonyl (C=O) groups is 1. The Hall–Kier alpha value is -2.50. The largest absolute Gasteiger partial charge is 0.478 e. The van der Waals surface area contributed by atoms with Crippen molar-refractivity contribution in [3.63, 3.8) is 0 Å². The Kier molecular flexibility index (Phi) is 3.51. The molecule has 1 aromatic heterocycles. The lowest BCUT2D eigenvalue weighted by Gasteiger charge is -2.17.